The van der Waals surface area contributed by atoms with Crippen LogP contribution in [0.2, 0.25) is 0 Å². The number of aromatic nitrogens is 2. The Morgan fingerprint density at radius 1 is 1.69 bits per heavy atom. The third-order valence-electron chi connectivity index (χ3n) is 1.83. The molecule has 1 aromatic rings. The number of rotatable bonds is 5. The number of imidazole rings is 1. The van der Waals surface area contributed by atoms with Crippen molar-refractivity contribution in [2.75, 3.05) is 12.0 Å². The summed E-state index contributed by atoms with van der Waals surface area (Å²) in [7, 11) is 0. The molecule has 74 valence electrons. The number of aliphatic hydroxyl groups excluding tert-OH is 1. The van der Waals surface area contributed by atoms with Crippen LogP contribution in [-0.2, 0) is 6.54 Å². The molecule has 4 heteroatoms. The normalized spacial score (nSPS) is 13.2. The molecule has 0 spiro atoms. The fourth-order valence-corrected chi connectivity index (χ4v) is 1.75. The van der Waals surface area contributed by atoms with E-state index < -0.39 is 6.10 Å². The minimum atomic E-state index is -0.434. The zero-order chi connectivity index (χ0) is 9.68. The van der Waals surface area contributed by atoms with Gasteiger partial charge in [0, 0.05) is 24.7 Å². The zero-order valence-electron chi connectivity index (χ0n) is 8.10. The van der Waals surface area contributed by atoms with E-state index in [2.05, 4.69) is 11.9 Å². The first-order chi connectivity index (χ1) is 6.29. The number of nitrogens with zero attached hydrogens (tertiary/aromatic N) is 2. The second-order valence-corrected chi connectivity index (χ2v) is 3.86. The first kappa shape index (κ1) is 10.6. The second-order valence-electron chi connectivity index (χ2n) is 2.95. The molecule has 13 heavy (non-hydrogen) atoms. The van der Waals surface area contributed by atoms with Gasteiger partial charge < -0.3 is 9.67 Å². The van der Waals surface area contributed by atoms with Crippen LogP contribution in [0.25, 0.3) is 0 Å². The average molecular weight is 200 g/mol. The van der Waals surface area contributed by atoms with Gasteiger partial charge in [-0.05, 0) is 12.7 Å². The molecular formula is C9H16N2OS. The molecule has 0 saturated heterocycles. The molecule has 1 heterocycles. The highest BCUT2D eigenvalue weighted by Gasteiger charge is 2.12. The average Bonchev–Trinajstić information content (AvgIpc) is 2.54. The van der Waals surface area contributed by atoms with Gasteiger partial charge in [-0.2, -0.15) is 11.8 Å². The van der Waals surface area contributed by atoms with Crippen molar-refractivity contribution in [3.63, 3.8) is 0 Å². The lowest BCUT2D eigenvalue weighted by Gasteiger charge is -2.11. The first-order valence-electron chi connectivity index (χ1n) is 4.47. The van der Waals surface area contributed by atoms with E-state index in [9.17, 15) is 5.11 Å². The fraction of sp³-hybridized carbons (Fsp3) is 0.667. The highest BCUT2D eigenvalue weighted by Crippen LogP contribution is 2.15. The van der Waals surface area contributed by atoms with Crippen LogP contribution in [0.5, 0.6) is 0 Å². The molecule has 0 aliphatic carbocycles. The van der Waals surface area contributed by atoms with E-state index in [-0.39, 0.29) is 0 Å². The maximum absolute atomic E-state index is 9.71. The maximum Gasteiger partial charge on any atom is 0.138 e. The molecule has 0 aliphatic heterocycles. The maximum atomic E-state index is 9.71. The van der Waals surface area contributed by atoms with Gasteiger partial charge in [-0.3, -0.25) is 0 Å². The summed E-state index contributed by atoms with van der Waals surface area (Å²) in [6.07, 6.45) is 6.28. The third kappa shape index (κ3) is 2.74. The van der Waals surface area contributed by atoms with Crippen molar-refractivity contribution in [3.8, 4) is 0 Å². The standard InChI is InChI=1S/C9H16N2OS/c1-3-5-11-6-4-10-9(11)8(12)7-13-2/h4,6,8,12H,3,5,7H2,1-2H3. The Morgan fingerprint density at radius 2 is 2.46 bits per heavy atom. The Balaban J connectivity index is 2.68. The predicted molar refractivity (Wildman–Crippen MR) is 55.9 cm³/mol. The van der Waals surface area contributed by atoms with Gasteiger partial charge in [-0.15, -0.1) is 0 Å². The van der Waals surface area contributed by atoms with Crippen molar-refractivity contribution in [2.45, 2.75) is 26.0 Å². The van der Waals surface area contributed by atoms with Gasteiger partial charge in [0.05, 0.1) is 0 Å². The molecule has 1 rings (SSSR count). The summed E-state index contributed by atoms with van der Waals surface area (Å²) >= 11 is 1.63. The van der Waals surface area contributed by atoms with E-state index in [1.807, 2.05) is 17.0 Å². The summed E-state index contributed by atoms with van der Waals surface area (Å²) in [6, 6.07) is 0. The Hall–Kier alpha value is -0.480. The largest absolute Gasteiger partial charge is 0.384 e. The highest BCUT2D eigenvalue weighted by molar-refractivity contribution is 7.98. The lowest BCUT2D eigenvalue weighted by atomic mass is 10.3. The molecule has 1 atom stereocenters. The zero-order valence-corrected chi connectivity index (χ0v) is 8.92. The molecule has 0 radical (unpaired) electrons. The molecule has 1 N–H and O–H groups in total. The minimum absolute atomic E-state index is 0.434. The Kier molecular flexibility index (Phi) is 4.32. The van der Waals surface area contributed by atoms with Crippen molar-refractivity contribution in [2.24, 2.45) is 0 Å². The summed E-state index contributed by atoms with van der Waals surface area (Å²) in [5.74, 6) is 1.50. The van der Waals surface area contributed by atoms with Crippen LogP contribution in [0.15, 0.2) is 12.4 Å². The molecule has 0 saturated carbocycles. The predicted octanol–water partition coefficient (Wildman–Crippen LogP) is 1.69. The number of hydrogen-bond donors (Lipinski definition) is 1. The van der Waals surface area contributed by atoms with Crippen molar-refractivity contribution >= 4 is 11.8 Å². The summed E-state index contributed by atoms with van der Waals surface area (Å²) < 4.78 is 2.01. The number of aliphatic hydroxyl groups is 1. The molecule has 1 aromatic heterocycles. The van der Waals surface area contributed by atoms with Gasteiger partial charge in [-0.1, -0.05) is 6.92 Å². The summed E-state index contributed by atoms with van der Waals surface area (Å²) in [5.41, 5.74) is 0. The van der Waals surface area contributed by atoms with Gasteiger partial charge in [0.1, 0.15) is 11.9 Å². The summed E-state index contributed by atoms with van der Waals surface area (Å²) in [4.78, 5) is 4.15. The quantitative estimate of drug-likeness (QED) is 0.786. The summed E-state index contributed by atoms with van der Waals surface area (Å²) in [5, 5.41) is 9.71. The smallest absolute Gasteiger partial charge is 0.138 e. The monoisotopic (exact) mass is 200 g/mol. The molecule has 3 nitrogen and oxygen atoms in total. The molecule has 0 bridgehead atoms. The van der Waals surface area contributed by atoms with Crippen LogP contribution in [-0.4, -0.2) is 26.7 Å². The second kappa shape index (κ2) is 5.29. The van der Waals surface area contributed by atoms with Gasteiger partial charge >= 0.3 is 0 Å². The lowest BCUT2D eigenvalue weighted by molar-refractivity contribution is 0.188. The van der Waals surface area contributed by atoms with Crippen LogP contribution < -0.4 is 0 Å². The third-order valence-corrected chi connectivity index (χ3v) is 2.48. The van der Waals surface area contributed by atoms with Gasteiger partial charge in [-0.25, -0.2) is 4.98 Å². The molecule has 0 aliphatic rings. The van der Waals surface area contributed by atoms with E-state index in [4.69, 9.17) is 0 Å². The van der Waals surface area contributed by atoms with Crippen LogP contribution >= 0.6 is 11.8 Å². The molecule has 0 aromatic carbocycles. The number of aryl methyl sites for hydroxylation is 1. The van der Waals surface area contributed by atoms with Crippen LogP contribution in [0.1, 0.15) is 25.3 Å². The van der Waals surface area contributed by atoms with E-state index in [1.54, 1.807) is 18.0 Å². The van der Waals surface area contributed by atoms with E-state index in [0.717, 1.165) is 18.8 Å². The molecular weight excluding hydrogens is 184 g/mol. The van der Waals surface area contributed by atoms with Crippen LogP contribution in [0, 0.1) is 0 Å². The molecule has 1 unspecified atom stereocenters. The van der Waals surface area contributed by atoms with Gasteiger partial charge in [0.15, 0.2) is 0 Å². The lowest BCUT2D eigenvalue weighted by Crippen LogP contribution is -2.10. The van der Waals surface area contributed by atoms with E-state index in [1.165, 1.54) is 0 Å². The molecule has 0 amide bonds. The first-order valence-corrected chi connectivity index (χ1v) is 5.87. The topological polar surface area (TPSA) is 38.0 Å². The summed E-state index contributed by atoms with van der Waals surface area (Å²) in [6.45, 7) is 3.05. The van der Waals surface area contributed by atoms with Gasteiger partial charge in [0.2, 0.25) is 0 Å². The molecule has 0 fully saturated rings. The van der Waals surface area contributed by atoms with E-state index >= 15 is 0 Å². The van der Waals surface area contributed by atoms with Crippen LogP contribution in [0.4, 0.5) is 0 Å². The van der Waals surface area contributed by atoms with Crippen molar-refractivity contribution < 1.29 is 5.11 Å². The minimum Gasteiger partial charge on any atom is -0.384 e. The van der Waals surface area contributed by atoms with Crippen molar-refractivity contribution in [1.29, 1.82) is 0 Å². The van der Waals surface area contributed by atoms with E-state index in [0.29, 0.717) is 5.75 Å². The SMILES string of the molecule is CCCn1ccnc1C(O)CSC. The number of thioether (sulfide) groups is 1. The van der Waals surface area contributed by atoms with Crippen LogP contribution in [0.3, 0.4) is 0 Å². The van der Waals surface area contributed by atoms with Gasteiger partial charge in [0.25, 0.3) is 0 Å². The highest BCUT2D eigenvalue weighted by atomic mass is 32.2. The fourth-order valence-electron chi connectivity index (χ4n) is 1.28. The van der Waals surface area contributed by atoms with Crippen molar-refractivity contribution in [3.05, 3.63) is 18.2 Å². The van der Waals surface area contributed by atoms with Crippen molar-refractivity contribution in [1.82, 2.24) is 9.55 Å². The Morgan fingerprint density at radius 3 is 3.08 bits per heavy atom. The Bertz CT molecular complexity index is 250. The number of hydrogen-bond acceptors (Lipinski definition) is 3. The Labute approximate surface area is 83.2 Å².